The summed E-state index contributed by atoms with van der Waals surface area (Å²) in [5, 5.41) is 9.40. The first kappa shape index (κ1) is 62.5. The molecule has 18 aromatic rings. The highest BCUT2D eigenvalue weighted by Gasteiger charge is 2.24. The van der Waals surface area contributed by atoms with Crippen LogP contribution in [0.15, 0.2) is 425 Å². The number of hydrogen-bond acceptors (Lipinski definition) is 4. The highest BCUT2D eigenvalue weighted by atomic mass is 15.2. The van der Waals surface area contributed by atoms with Crippen LogP contribution in [0.25, 0.3) is 98.7 Å². The van der Waals surface area contributed by atoms with Gasteiger partial charge in [-0.15, -0.1) is 0 Å². The van der Waals surface area contributed by atoms with Crippen LogP contribution in [0.1, 0.15) is 0 Å². The molecule has 4 nitrogen and oxygen atoms in total. The number of rotatable bonds is 17. The fourth-order valence-corrected chi connectivity index (χ4v) is 15.1. The summed E-state index contributed by atoms with van der Waals surface area (Å²) >= 11 is 0. The van der Waals surface area contributed by atoms with E-state index in [1.54, 1.807) is 0 Å². The number of nitrogens with zero attached hydrogens (tertiary/aromatic N) is 4. The Morgan fingerprint density at radius 2 is 0.298 bits per heavy atom. The maximum atomic E-state index is 2.43. The minimum atomic E-state index is 1.04. The van der Waals surface area contributed by atoms with Gasteiger partial charge in [0.1, 0.15) is 0 Å². The van der Waals surface area contributed by atoms with Crippen LogP contribution in [0.4, 0.5) is 68.2 Å². The van der Waals surface area contributed by atoms with Crippen LogP contribution in [0.5, 0.6) is 0 Å². The Hall–Kier alpha value is -13.8. The quantitative estimate of drug-likeness (QED) is 0.0901. The van der Waals surface area contributed by atoms with Crippen molar-refractivity contribution in [3.05, 3.63) is 425 Å². The predicted molar refractivity (Wildman–Crippen MR) is 442 cm³/mol. The molecule has 0 saturated carbocycles. The molecule has 0 atom stereocenters. The summed E-state index contributed by atoms with van der Waals surface area (Å²) in [7, 11) is 0. The summed E-state index contributed by atoms with van der Waals surface area (Å²) in [6.07, 6.45) is 0. The lowest BCUT2D eigenvalue weighted by molar-refractivity contribution is 1.27. The average molecular weight is 1330 g/mol. The van der Waals surface area contributed by atoms with Gasteiger partial charge in [-0.1, -0.05) is 291 Å². The molecule has 104 heavy (non-hydrogen) atoms. The van der Waals surface area contributed by atoms with Crippen molar-refractivity contribution in [1.82, 2.24) is 0 Å². The lowest BCUT2D eigenvalue weighted by atomic mass is 9.97. The van der Waals surface area contributed by atoms with Gasteiger partial charge in [0.15, 0.2) is 0 Å². The molecule has 0 heterocycles. The van der Waals surface area contributed by atoms with E-state index in [-0.39, 0.29) is 0 Å². The van der Waals surface area contributed by atoms with E-state index in [2.05, 4.69) is 444 Å². The van der Waals surface area contributed by atoms with Crippen LogP contribution in [-0.4, -0.2) is 0 Å². The third-order valence-electron chi connectivity index (χ3n) is 20.1. The summed E-state index contributed by atoms with van der Waals surface area (Å²) in [5.74, 6) is 0. The minimum absolute atomic E-state index is 1.04. The Morgan fingerprint density at radius 3 is 0.538 bits per heavy atom. The number of hydrogen-bond donors (Lipinski definition) is 0. The van der Waals surface area contributed by atoms with Crippen molar-refractivity contribution >= 4 is 111 Å². The van der Waals surface area contributed by atoms with E-state index in [1.807, 2.05) is 0 Å². The zero-order valence-corrected chi connectivity index (χ0v) is 57.2. The molecule has 0 amide bonds. The Kier molecular flexibility index (Phi) is 16.6. The van der Waals surface area contributed by atoms with Gasteiger partial charge < -0.3 is 19.6 Å². The van der Waals surface area contributed by atoms with Gasteiger partial charge in [-0.05, 0) is 211 Å². The fraction of sp³-hybridized carbons (Fsp3) is 0. The van der Waals surface area contributed by atoms with Crippen molar-refractivity contribution in [3.8, 4) is 55.6 Å². The van der Waals surface area contributed by atoms with Gasteiger partial charge in [0, 0.05) is 67.0 Å². The second-order valence-electron chi connectivity index (χ2n) is 26.5. The van der Waals surface area contributed by atoms with Crippen molar-refractivity contribution in [2.45, 2.75) is 0 Å². The van der Waals surface area contributed by atoms with Crippen LogP contribution in [-0.2, 0) is 0 Å². The zero-order chi connectivity index (χ0) is 69.1. The first-order chi connectivity index (χ1) is 51.6. The SMILES string of the molecule is c1ccc(-c2cc(-c3ccccc3)cc(N(c3ccc(N(c4ccc(-c5ccc(N(c6ccc(N(c7cc(-c8ccccc8)cc(-c8ccccc8)c7)c7cccc8ccccc78)cc6)c6cccc7ccccc67)cc5)cc4)c4cccc5ccccc45)cc3)c3cccc4ccccc34)c2)cc1. The molecule has 0 fully saturated rings. The molecule has 0 aromatic heterocycles. The van der Waals surface area contributed by atoms with Gasteiger partial charge in [0.25, 0.3) is 0 Å². The molecule has 4 heteroatoms. The van der Waals surface area contributed by atoms with E-state index in [4.69, 9.17) is 0 Å². The average Bonchev–Trinajstić information content (AvgIpc) is 0.832. The highest BCUT2D eigenvalue weighted by molar-refractivity contribution is 6.04. The van der Waals surface area contributed by atoms with Crippen LogP contribution in [0.3, 0.4) is 0 Å². The van der Waals surface area contributed by atoms with Crippen LogP contribution >= 0.6 is 0 Å². The molecular weight excluding hydrogens is 1260 g/mol. The molecule has 0 aliphatic carbocycles. The van der Waals surface area contributed by atoms with Gasteiger partial charge >= 0.3 is 0 Å². The molecule has 18 aromatic carbocycles. The van der Waals surface area contributed by atoms with Crippen LogP contribution < -0.4 is 19.6 Å². The molecule has 0 saturated heterocycles. The van der Waals surface area contributed by atoms with Gasteiger partial charge in [-0.25, -0.2) is 0 Å². The first-order valence-electron chi connectivity index (χ1n) is 35.6. The molecule has 490 valence electrons. The minimum Gasteiger partial charge on any atom is -0.310 e. The number of fused-ring (bicyclic) bond motifs is 4. The monoisotopic (exact) mass is 1330 g/mol. The molecule has 0 bridgehead atoms. The summed E-state index contributed by atoms with van der Waals surface area (Å²) in [5.41, 5.74) is 24.3. The number of anilines is 12. The van der Waals surface area contributed by atoms with Gasteiger partial charge in [-0.3, -0.25) is 0 Å². The largest absolute Gasteiger partial charge is 0.310 e. The molecule has 0 radical (unpaired) electrons. The zero-order valence-electron chi connectivity index (χ0n) is 57.2. The molecular formula is C100H70N4. The molecule has 0 aliphatic rings. The lowest BCUT2D eigenvalue weighted by Gasteiger charge is -2.30. The summed E-state index contributed by atoms with van der Waals surface area (Å²) < 4.78 is 0. The van der Waals surface area contributed by atoms with Crippen molar-refractivity contribution in [1.29, 1.82) is 0 Å². The van der Waals surface area contributed by atoms with E-state index in [9.17, 15) is 0 Å². The maximum absolute atomic E-state index is 2.43. The van der Waals surface area contributed by atoms with E-state index in [0.29, 0.717) is 0 Å². The molecule has 0 aliphatic heterocycles. The molecule has 0 spiro atoms. The third kappa shape index (κ3) is 12.2. The highest BCUT2D eigenvalue weighted by Crippen LogP contribution is 2.49. The number of benzene rings is 18. The van der Waals surface area contributed by atoms with Gasteiger partial charge in [0.05, 0.1) is 22.7 Å². The van der Waals surface area contributed by atoms with E-state index in [0.717, 1.165) is 124 Å². The smallest absolute Gasteiger partial charge is 0.0540 e. The Bertz CT molecular complexity index is 5570. The first-order valence-corrected chi connectivity index (χ1v) is 35.6. The molecule has 18 rings (SSSR count). The van der Waals surface area contributed by atoms with E-state index in [1.165, 1.54) is 43.1 Å². The maximum Gasteiger partial charge on any atom is 0.0540 e. The second kappa shape index (κ2) is 27.7. The van der Waals surface area contributed by atoms with Gasteiger partial charge in [0.2, 0.25) is 0 Å². The van der Waals surface area contributed by atoms with E-state index >= 15 is 0 Å². The topological polar surface area (TPSA) is 13.0 Å². The second-order valence-corrected chi connectivity index (χ2v) is 26.5. The van der Waals surface area contributed by atoms with E-state index < -0.39 is 0 Å². The lowest BCUT2D eigenvalue weighted by Crippen LogP contribution is -2.13. The van der Waals surface area contributed by atoms with Gasteiger partial charge in [-0.2, -0.15) is 0 Å². The standard InChI is InChI=1S/C100H70N4/c1-5-25-71(26-6-1)81-65-82(72-27-7-2-8-28-72)68-91(67-81)103(99-47-23-39-79-35-15-19-43-95(79)99)89-61-57-87(58-62-89)101(97-45-21-37-77-33-13-17-41-93(77)97)85-53-49-75(50-54-85)76-51-55-86(56-52-76)102(98-46-22-38-78-34-14-18-42-94(78)98)88-59-63-90(64-60-88)104(100-48-24-40-80-36-16-20-44-96(80)100)92-69-83(73-29-9-3-10-30-73)66-84(70-92)74-31-11-4-12-32-74/h1-70H. The predicted octanol–water partition coefficient (Wildman–Crippen LogP) is 28.5. The summed E-state index contributed by atoms with van der Waals surface area (Å²) in [6.45, 7) is 0. The Morgan fingerprint density at radius 1 is 0.115 bits per heavy atom. The Balaban J connectivity index is 0.713. The Labute approximate surface area is 607 Å². The molecule has 0 N–H and O–H groups in total. The summed E-state index contributed by atoms with van der Waals surface area (Å²) in [4.78, 5) is 9.67. The third-order valence-corrected chi connectivity index (χ3v) is 20.1. The normalized spacial score (nSPS) is 11.3. The summed E-state index contributed by atoms with van der Waals surface area (Å²) in [6, 6.07) is 155. The van der Waals surface area contributed by atoms with Crippen molar-refractivity contribution < 1.29 is 0 Å². The fourth-order valence-electron chi connectivity index (χ4n) is 15.1. The van der Waals surface area contributed by atoms with Crippen LogP contribution in [0.2, 0.25) is 0 Å². The van der Waals surface area contributed by atoms with Crippen molar-refractivity contribution in [2.75, 3.05) is 19.6 Å². The molecule has 0 unspecified atom stereocenters. The van der Waals surface area contributed by atoms with Crippen molar-refractivity contribution in [2.24, 2.45) is 0 Å². The van der Waals surface area contributed by atoms with Crippen molar-refractivity contribution in [3.63, 3.8) is 0 Å². The van der Waals surface area contributed by atoms with Crippen LogP contribution in [0, 0.1) is 0 Å².